The molecule has 1 aromatic rings. The Bertz CT molecular complexity index is 431. The number of hydrogen-bond acceptors (Lipinski definition) is 4. The maximum absolute atomic E-state index is 12.0. The first-order chi connectivity index (χ1) is 9.02. The second kappa shape index (κ2) is 5.61. The smallest absolute Gasteiger partial charge is 0.328 e. The van der Waals surface area contributed by atoms with Crippen molar-refractivity contribution in [3.05, 3.63) is 29.8 Å². The van der Waals surface area contributed by atoms with E-state index in [1.165, 1.54) is 5.56 Å². The number of fused-ring (bicyclic) bond motifs is 1. The molecule has 0 saturated carbocycles. The molecule has 1 heterocycles. The molecule has 4 nitrogen and oxygen atoms in total. The number of nitrogens with one attached hydrogen (secondary N) is 1. The summed E-state index contributed by atoms with van der Waals surface area (Å²) in [7, 11) is 1.66. The minimum absolute atomic E-state index is 0.192. The summed E-state index contributed by atoms with van der Waals surface area (Å²) in [5.41, 5.74) is 1.94. The van der Waals surface area contributed by atoms with E-state index in [-0.39, 0.29) is 17.6 Å². The zero-order chi connectivity index (χ0) is 13.9. The molecule has 19 heavy (non-hydrogen) atoms. The Morgan fingerprint density at radius 2 is 2.16 bits per heavy atom. The molecule has 0 saturated heterocycles. The molecule has 104 valence electrons. The van der Waals surface area contributed by atoms with Crippen LogP contribution in [0.15, 0.2) is 24.3 Å². The zero-order valence-electron chi connectivity index (χ0n) is 11.7. The summed E-state index contributed by atoms with van der Waals surface area (Å²) in [5.74, 6) is -0.192. The molecular weight excluding hydrogens is 242 g/mol. The van der Waals surface area contributed by atoms with Crippen LogP contribution in [0.5, 0.6) is 0 Å². The van der Waals surface area contributed by atoms with Crippen LogP contribution >= 0.6 is 0 Å². The summed E-state index contributed by atoms with van der Waals surface area (Å²) in [6.07, 6.45) is 1.39. The van der Waals surface area contributed by atoms with E-state index in [2.05, 4.69) is 5.32 Å². The minimum atomic E-state index is -0.261. The molecule has 1 aliphatic rings. The van der Waals surface area contributed by atoms with Crippen molar-refractivity contribution >= 4 is 11.7 Å². The Morgan fingerprint density at radius 1 is 1.42 bits per heavy atom. The number of methoxy groups -OCH3 is 1. The van der Waals surface area contributed by atoms with Crippen LogP contribution in [0.25, 0.3) is 0 Å². The predicted molar refractivity (Wildman–Crippen MR) is 74.2 cm³/mol. The summed E-state index contributed by atoms with van der Waals surface area (Å²) in [6, 6.07) is 7.69. The van der Waals surface area contributed by atoms with Crippen LogP contribution in [-0.2, 0) is 20.7 Å². The number of benzene rings is 1. The molecule has 0 amide bonds. The monoisotopic (exact) mass is 263 g/mol. The van der Waals surface area contributed by atoms with Gasteiger partial charge in [0.25, 0.3) is 0 Å². The van der Waals surface area contributed by atoms with Crippen molar-refractivity contribution < 1.29 is 14.3 Å². The van der Waals surface area contributed by atoms with Crippen molar-refractivity contribution in [2.75, 3.05) is 19.0 Å². The first-order valence-corrected chi connectivity index (χ1v) is 6.58. The van der Waals surface area contributed by atoms with E-state index >= 15 is 0 Å². The van der Waals surface area contributed by atoms with Crippen LogP contribution in [0.1, 0.15) is 25.8 Å². The van der Waals surface area contributed by atoms with E-state index in [1.54, 1.807) is 7.11 Å². The Morgan fingerprint density at radius 3 is 2.84 bits per heavy atom. The van der Waals surface area contributed by atoms with E-state index in [1.807, 2.05) is 38.1 Å². The second-order valence-electron chi connectivity index (χ2n) is 5.44. The van der Waals surface area contributed by atoms with E-state index < -0.39 is 0 Å². The molecule has 1 aliphatic heterocycles. The normalized spacial score (nSPS) is 17.7. The Hall–Kier alpha value is -1.55. The maximum Gasteiger partial charge on any atom is 0.328 e. The third-order valence-electron chi connectivity index (χ3n) is 3.56. The zero-order valence-corrected chi connectivity index (χ0v) is 11.7. The highest BCUT2D eigenvalue weighted by molar-refractivity contribution is 5.82. The van der Waals surface area contributed by atoms with Gasteiger partial charge in [0.2, 0.25) is 0 Å². The predicted octanol–water partition coefficient (Wildman–Crippen LogP) is 2.38. The lowest BCUT2D eigenvalue weighted by Crippen LogP contribution is -2.31. The number of carbonyl (C=O) groups excluding carboxylic acids is 1. The number of esters is 1. The number of para-hydroxylation sites is 1. The van der Waals surface area contributed by atoms with Crippen molar-refractivity contribution in [1.82, 2.24) is 0 Å². The van der Waals surface area contributed by atoms with Gasteiger partial charge in [0, 0.05) is 25.6 Å². The van der Waals surface area contributed by atoms with Crippen LogP contribution in [-0.4, -0.2) is 31.3 Å². The number of anilines is 1. The fourth-order valence-corrected chi connectivity index (χ4v) is 2.04. The van der Waals surface area contributed by atoms with Gasteiger partial charge in [-0.3, -0.25) is 0 Å². The van der Waals surface area contributed by atoms with E-state index in [0.29, 0.717) is 19.4 Å². The van der Waals surface area contributed by atoms with Crippen molar-refractivity contribution in [2.24, 2.45) is 0 Å². The Balaban J connectivity index is 1.80. The average Bonchev–Trinajstić information content (AvgIpc) is 2.82. The lowest BCUT2D eigenvalue weighted by molar-refractivity contribution is -0.145. The summed E-state index contributed by atoms with van der Waals surface area (Å²) in [6.45, 7) is 4.34. The number of rotatable bonds is 5. The quantitative estimate of drug-likeness (QED) is 0.829. The van der Waals surface area contributed by atoms with Gasteiger partial charge in [-0.25, -0.2) is 4.79 Å². The summed E-state index contributed by atoms with van der Waals surface area (Å²) in [4.78, 5) is 12.0. The molecular formula is C15H21NO3. The molecule has 0 aliphatic carbocycles. The standard InChI is InChI=1S/C15H21NO3/c1-15(2,18-3)8-9-19-14(17)13-10-11-6-4-5-7-12(11)16-13/h4-7,13,16H,8-10H2,1-3H3. The molecule has 1 unspecified atom stereocenters. The van der Waals surface area contributed by atoms with E-state index in [4.69, 9.17) is 9.47 Å². The van der Waals surface area contributed by atoms with E-state index in [9.17, 15) is 4.79 Å². The highest BCUT2D eigenvalue weighted by Crippen LogP contribution is 2.25. The van der Waals surface area contributed by atoms with Crippen molar-refractivity contribution in [3.63, 3.8) is 0 Å². The number of hydrogen-bond donors (Lipinski definition) is 1. The van der Waals surface area contributed by atoms with Crippen LogP contribution < -0.4 is 5.32 Å². The average molecular weight is 263 g/mol. The first-order valence-electron chi connectivity index (χ1n) is 6.58. The van der Waals surface area contributed by atoms with Crippen molar-refractivity contribution in [1.29, 1.82) is 0 Å². The molecule has 0 bridgehead atoms. The summed E-state index contributed by atoms with van der Waals surface area (Å²) >= 11 is 0. The van der Waals surface area contributed by atoms with Gasteiger partial charge in [-0.2, -0.15) is 0 Å². The fraction of sp³-hybridized carbons (Fsp3) is 0.533. The molecule has 0 spiro atoms. The van der Waals surface area contributed by atoms with Gasteiger partial charge < -0.3 is 14.8 Å². The van der Waals surface area contributed by atoms with Gasteiger partial charge in [0.1, 0.15) is 6.04 Å². The maximum atomic E-state index is 12.0. The van der Waals surface area contributed by atoms with Gasteiger partial charge in [0.15, 0.2) is 0 Å². The Labute approximate surface area is 114 Å². The number of ether oxygens (including phenoxy) is 2. The fourth-order valence-electron chi connectivity index (χ4n) is 2.04. The van der Waals surface area contributed by atoms with Gasteiger partial charge in [0.05, 0.1) is 12.2 Å². The van der Waals surface area contributed by atoms with Crippen LogP contribution in [0, 0.1) is 0 Å². The SMILES string of the molecule is COC(C)(C)CCOC(=O)C1Cc2ccccc2N1. The summed E-state index contributed by atoms with van der Waals surface area (Å²) < 4.78 is 10.6. The first kappa shape index (κ1) is 13.9. The molecule has 0 aromatic heterocycles. The second-order valence-corrected chi connectivity index (χ2v) is 5.44. The molecule has 0 fully saturated rings. The highest BCUT2D eigenvalue weighted by atomic mass is 16.5. The molecule has 1 atom stereocenters. The Kier molecular flexibility index (Phi) is 4.10. The van der Waals surface area contributed by atoms with E-state index in [0.717, 1.165) is 5.69 Å². The minimum Gasteiger partial charge on any atom is -0.464 e. The summed E-state index contributed by atoms with van der Waals surface area (Å²) in [5, 5.41) is 3.19. The molecule has 2 rings (SSSR count). The van der Waals surface area contributed by atoms with Crippen molar-refractivity contribution in [2.45, 2.75) is 38.3 Å². The van der Waals surface area contributed by atoms with Crippen LogP contribution in [0.4, 0.5) is 5.69 Å². The lowest BCUT2D eigenvalue weighted by Gasteiger charge is -2.22. The third kappa shape index (κ3) is 3.47. The molecule has 1 N–H and O–H groups in total. The topological polar surface area (TPSA) is 47.6 Å². The van der Waals surface area contributed by atoms with Gasteiger partial charge in [-0.1, -0.05) is 18.2 Å². The van der Waals surface area contributed by atoms with Gasteiger partial charge >= 0.3 is 5.97 Å². The third-order valence-corrected chi connectivity index (χ3v) is 3.56. The molecule has 1 aromatic carbocycles. The molecule has 0 radical (unpaired) electrons. The molecule has 4 heteroatoms. The van der Waals surface area contributed by atoms with Gasteiger partial charge in [-0.15, -0.1) is 0 Å². The van der Waals surface area contributed by atoms with Crippen LogP contribution in [0.2, 0.25) is 0 Å². The largest absolute Gasteiger partial charge is 0.464 e. The highest BCUT2D eigenvalue weighted by Gasteiger charge is 2.28. The number of carbonyl (C=O) groups is 1. The lowest BCUT2D eigenvalue weighted by atomic mass is 10.1. The van der Waals surface area contributed by atoms with Gasteiger partial charge in [-0.05, 0) is 25.5 Å². The van der Waals surface area contributed by atoms with Crippen LogP contribution in [0.3, 0.4) is 0 Å². The van der Waals surface area contributed by atoms with Crippen molar-refractivity contribution in [3.8, 4) is 0 Å².